The van der Waals surface area contributed by atoms with Crippen molar-refractivity contribution in [3.63, 3.8) is 0 Å². The summed E-state index contributed by atoms with van der Waals surface area (Å²) in [4.78, 5) is 0. The van der Waals surface area contributed by atoms with Crippen LogP contribution in [-0.4, -0.2) is 0 Å². The monoisotopic (exact) mass is 556 g/mol. The van der Waals surface area contributed by atoms with Crippen molar-refractivity contribution in [3.05, 3.63) is 170 Å². The van der Waals surface area contributed by atoms with Crippen LogP contribution in [-0.2, 0) is 0 Å². The van der Waals surface area contributed by atoms with Gasteiger partial charge in [-0.3, -0.25) is 0 Å². The normalized spacial score (nSPS) is 11.6. The van der Waals surface area contributed by atoms with E-state index in [9.17, 15) is 0 Å². The predicted octanol–water partition coefficient (Wildman–Crippen LogP) is 12.5. The third-order valence-electron chi connectivity index (χ3n) is 9.20. The molecule has 9 rings (SSSR count). The maximum atomic E-state index is 2.34. The molecule has 0 bridgehead atoms. The van der Waals surface area contributed by atoms with E-state index in [2.05, 4.69) is 170 Å². The smallest absolute Gasteiger partial charge is 0.00201 e. The van der Waals surface area contributed by atoms with Crippen LogP contribution in [0.3, 0.4) is 0 Å². The molecule has 0 atom stereocenters. The zero-order valence-electron chi connectivity index (χ0n) is 24.2. The minimum Gasteiger partial charge on any atom is -0.0616 e. The fraction of sp³-hybridized carbons (Fsp3) is 0. The molecule has 0 unspecified atom stereocenters. The Kier molecular flexibility index (Phi) is 5.61. The first-order valence-electron chi connectivity index (χ1n) is 15.3. The second kappa shape index (κ2) is 9.93. The second-order valence-corrected chi connectivity index (χ2v) is 11.7. The molecule has 44 heavy (non-hydrogen) atoms. The molecule has 0 nitrogen and oxygen atoms in total. The first kappa shape index (κ1) is 24.8. The van der Waals surface area contributed by atoms with Crippen LogP contribution in [0.1, 0.15) is 0 Å². The molecule has 0 heteroatoms. The first-order valence-corrected chi connectivity index (χ1v) is 15.3. The van der Waals surface area contributed by atoms with E-state index in [1.807, 2.05) is 0 Å². The van der Waals surface area contributed by atoms with Crippen LogP contribution in [0.15, 0.2) is 170 Å². The Morgan fingerprint density at radius 3 is 1.27 bits per heavy atom. The number of benzene rings is 9. The van der Waals surface area contributed by atoms with E-state index in [0.29, 0.717) is 0 Å². The highest BCUT2D eigenvalue weighted by Crippen LogP contribution is 2.45. The van der Waals surface area contributed by atoms with Gasteiger partial charge in [0, 0.05) is 0 Å². The predicted molar refractivity (Wildman–Crippen MR) is 190 cm³/mol. The zero-order valence-corrected chi connectivity index (χ0v) is 24.2. The number of hydrogen-bond donors (Lipinski definition) is 0. The molecule has 0 saturated carbocycles. The van der Waals surface area contributed by atoms with Crippen LogP contribution in [0, 0.1) is 0 Å². The first-order chi connectivity index (χ1) is 21.8. The van der Waals surface area contributed by atoms with Crippen molar-refractivity contribution in [1.29, 1.82) is 0 Å². The van der Waals surface area contributed by atoms with Crippen molar-refractivity contribution < 1.29 is 0 Å². The summed E-state index contributed by atoms with van der Waals surface area (Å²) >= 11 is 0. The molecule has 0 aromatic heterocycles. The molecule has 9 aromatic rings. The molecule has 0 N–H and O–H groups in total. The molecule has 0 saturated heterocycles. The second-order valence-electron chi connectivity index (χ2n) is 11.7. The number of rotatable bonds is 3. The average molecular weight is 557 g/mol. The van der Waals surface area contributed by atoms with E-state index in [4.69, 9.17) is 0 Å². The summed E-state index contributed by atoms with van der Waals surface area (Å²) in [7, 11) is 0. The summed E-state index contributed by atoms with van der Waals surface area (Å²) in [5.74, 6) is 0. The lowest BCUT2D eigenvalue weighted by atomic mass is 9.84. The fourth-order valence-corrected chi connectivity index (χ4v) is 7.12. The highest BCUT2D eigenvalue weighted by atomic mass is 14.2. The minimum atomic E-state index is 1.24. The molecule has 0 amide bonds. The van der Waals surface area contributed by atoms with E-state index in [1.54, 1.807) is 0 Å². The van der Waals surface area contributed by atoms with Crippen LogP contribution < -0.4 is 0 Å². The minimum absolute atomic E-state index is 1.24. The van der Waals surface area contributed by atoms with Gasteiger partial charge in [-0.25, -0.2) is 0 Å². The topological polar surface area (TPSA) is 0 Å². The summed E-state index contributed by atoms with van der Waals surface area (Å²) in [6.07, 6.45) is 0. The standard InChI is InChI=1S/C44H28/c1-3-12-31-26-33(22-20-29(31)10-1)34-24-25-37-35(27-34)14-9-19-38(37)44-41-17-7-5-15-39(41)43(40-16-6-8-18-42(40)44)36-23-21-30-11-2-4-13-32(30)28-36/h1-28H. The van der Waals surface area contributed by atoms with Gasteiger partial charge < -0.3 is 0 Å². The Morgan fingerprint density at radius 2 is 0.659 bits per heavy atom. The van der Waals surface area contributed by atoms with Gasteiger partial charge in [-0.05, 0) is 105 Å². The molecule has 9 aromatic carbocycles. The van der Waals surface area contributed by atoms with Crippen LogP contribution >= 0.6 is 0 Å². The maximum Gasteiger partial charge on any atom is -0.00201 e. The highest BCUT2D eigenvalue weighted by molar-refractivity contribution is 6.23. The van der Waals surface area contributed by atoms with Crippen LogP contribution in [0.4, 0.5) is 0 Å². The van der Waals surface area contributed by atoms with E-state index in [0.717, 1.165) is 0 Å². The molecule has 0 heterocycles. The molecule has 0 aliphatic carbocycles. The Morgan fingerprint density at radius 1 is 0.227 bits per heavy atom. The van der Waals surface area contributed by atoms with Crippen molar-refractivity contribution in [2.75, 3.05) is 0 Å². The van der Waals surface area contributed by atoms with Gasteiger partial charge in [-0.1, -0.05) is 152 Å². The molecule has 0 aliphatic heterocycles. The van der Waals surface area contributed by atoms with Gasteiger partial charge in [-0.15, -0.1) is 0 Å². The van der Waals surface area contributed by atoms with Crippen molar-refractivity contribution >= 4 is 53.9 Å². The zero-order chi connectivity index (χ0) is 29.0. The SMILES string of the molecule is c1ccc2cc(-c3ccc4c(-c5c6ccccc6c(-c6ccc7ccccc7c6)c6ccccc56)cccc4c3)ccc2c1. The molecule has 0 fully saturated rings. The van der Waals surface area contributed by atoms with Gasteiger partial charge in [-0.2, -0.15) is 0 Å². The van der Waals surface area contributed by atoms with Gasteiger partial charge in [0.15, 0.2) is 0 Å². The van der Waals surface area contributed by atoms with Gasteiger partial charge in [0.1, 0.15) is 0 Å². The van der Waals surface area contributed by atoms with E-state index >= 15 is 0 Å². The lowest BCUT2D eigenvalue weighted by Gasteiger charge is -2.19. The van der Waals surface area contributed by atoms with Gasteiger partial charge in [0.2, 0.25) is 0 Å². The van der Waals surface area contributed by atoms with Gasteiger partial charge in [0.25, 0.3) is 0 Å². The number of fused-ring (bicyclic) bond motifs is 5. The Labute approximate surface area is 256 Å². The summed E-state index contributed by atoms with van der Waals surface area (Å²) in [5.41, 5.74) is 7.59. The Balaban J connectivity index is 1.29. The highest BCUT2D eigenvalue weighted by Gasteiger charge is 2.18. The summed E-state index contributed by atoms with van der Waals surface area (Å²) in [6.45, 7) is 0. The van der Waals surface area contributed by atoms with Crippen molar-refractivity contribution in [1.82, 2.24) is 0 Å². The number of hydrogen-bond acceptors (Lipinski definition) is 0. The Hall–Kier alpha value is -5.72. The van der Waals surface area contributed by atoms with E-state index < -0.39 is 0 Å². The Bertz CT molecular complexity index is 2490. The van der Waals surface area contributed by atoms with Crippen LogP contribution in [0.2, 0.25) is 0 Å². The van der Waals surface area contributed by atoms with Gasteiger partial charge >= 0.3 is 0 Å². The van der Waals surface area contributed by atoms with Crippen molar-refractivity contribution in [2.24, 2.45) is 0 Å². The molecule has 0 radical (unpaired) electrons. The lowest BCUT2D eigenvalue weighted by Crippen LogP contribution is -1.92. The molecule has 0 aliphatic rings. The third kappa shape index (κ3) is 3.92. The van der Waals surface area contributed by atoms with Crippen molar-refractivity contribution in [3.8, 4) is 33.4 Å². The largest absolute Gasteiger partial charge is 0.0616 e. The molecule has 204 valence electrons. The molecular formula is C44H28. The van der Waals surface area contributed by atoms with Crippen LogP contribution in [0.25, 0.3) is 87.2 Å². The third-order valence-corrected chi connectivity index (χ3v) is 9.20. The van der Waals surface area contributed by atoms with Crippen LogP contribution in [0.5, 0.6) is 0 Å². The summed E-state index contributed by atoms with van der Waals surface area (Å²) in [5, 5.41) is 12.7. The van der Waals surface area contributed by atoms with E-state index in [-0.39, 0.29) is 0 Å². The fourth-order valence-electron chi connectivity index (χ4n) is 7.12. The summed E-state index contributed by atoms with van der Waals surface area (Å²) in [6, 6.07) is 62.4. The lowest BCUT2D eigenvalue weighted by molar-refractivity contribution is 1.66. The van der Waals surface area contributed by atoms with E-state index in [1.165, 1.54) is 87.2 Å². The molecular weight excluding hydrogens is 528 g/mol. The quantitative estimate of drug-likeness (QED) is 0.190. The average Bonchev–Trinajstić information content (AvgIpc) is 3.09. The maximum absolute atomic E-state index is 2.34. The summed E-state index contributed by atoms with van der Waals surface area (Å²) < 4.78 is 0. The van der Waals surface area contributed by atoms with Crippen molar-refractivity contribution in [2.45, 2.75) is 0 Å². The molecule has 0 spiro atoms. The van der Waals surface area contributed by atoms with Gasteiger partial charge in [0.05, 0.1) is 0 Å².